The number of nitrogens with zero attached hydrogens (tertiary/aromatic N) is 1. The maximum Gasteiger partial charge on any atom is 0.313 e. The summed E-state index contributed by atoms with van der Waals surface area (Å²) in [4.78, 5) is 26.3. The van der Waals surface area contributed by atoms with Gasteiger partial charge in [-0.2, -0.15) is 11.3 Å². The van der Waals surface area contributed by atoms with E-state index in [0.29, 0.717) is 13.2 Å². The molecule has 9 heteroatoms. The molecule has 1 aliphatic heterocycles. The van der Waals surface area contributed by atoms with Gasteiger partial charge in [-0.1, -0.05) is 0 Å². The number of halogens is 2. The number of hydrogen-bond donors (Lipinski definition) is 2. The molecule has 2 amide bonds. The summed E-state index contributed by atoms with van der Waals surface area (Å²) in [5.74, 6) is -3.90. The lowest BCUT2D eigenvalue weighted by atomic mass is 10.1. The van der Waals surface area contributed by atoms with E-state index in [9.17, 15) is 18.4 Å². The van der Waals surface area contributed by atoms with Gasteiger partial charge in [0.2, 0.25) is 0 Å². The van der Waals surface area contributed by atoms with E-state index < -0.39 is 23.4 Å². The zero-order valence-electron chi connectivity index (χ0n) is 14.4. The van der Waals surface area contributed by atoms with Gasteiger partial charge in [0.15, 0.2) is 11.6 Å². The first-order valence-electron chi connectivity index (χ1n) is 8.42. The van der Waals surface area contributed by atoms with E-state index in [4.69, 9.17) is 4.74 Å². The van der Waals surface area contributed by atoms with Crippen LogP contribution < -0.4 is 10.6 Å². The van der Waals surface area contributed by atoms with E-state index in [1.807, 2.05) is 16.8 Å². The minimum absolute atomic E-state index is 0.0108. The van der Waals surface area contributed by atoms with Gasteiger partial charge >= 0.3 is 11.8 Å². The summed E-state index contributed by atoms with van der Waals surface area (Å²) in [5, 5.41) is 8.84. The van der Waals surface area contributed by atoms with Gasteiger partial charge in [0, 0.05) is 31.4 Å². The van der Waals surface area contributed by atoms with Crippen LogP contribution in [-0.4, -0.2) is 49.6 Å². The molecule has 1 atom stereocenters. The minimum Gasteiger partial charge on any atom is -0.379 e. The maximum absolute atomic E-state index is 13.2. The summed E-state index contributed by atoms with van der Waals surface area (Å²) in [7, 11) is 0. The highest BCUT2D eigenvalue weighted by Gasteiger charge is 2.24. The number of nitrogens with one attached hydrogen (secondary N) is 2. The summed E-state index contributed by atoms with van der Waals surface area (Å²) in [6.45, 7) is 2.95. The molecule has 0 spiro atoms. The Bertz CT molecular complexity index is 795. The van der Waals surface area contributed by atoms with Crippen molar-refractivity contribution in [2.24, 2.45) is 0 Å². The Labute approximate surface area is 159 Å². The van der Waals surface area contributed by atoms with Crippen molar-refractivity contribution < 1.29 is 23.1 Å². The third kappa shape index (κ3) is 5.09. The Balaban J connectivity index is 1.59. The van der Waals surface area contributed by atoms with E-state index in [0.717, 1.165) is 30.8 Å². The largest absolute Gasteiger partial charge is 0.379 e. The first-order chi connectivity index (χ1) is 13.0. The van der Waals surface area contributed by atoms with Gasteiger partial charge in [0.25, 0.3) is 0 Å². The zero-order chi connectivity index (χ0) is 19.2. The second kappa shape index (κ2) is 9.03. The van der Waals surface area contributed by atoms with Crippen LogP contribution in [0.15, 0.2) is 35.0 Å². The number of morpholine rings is 1. The summed E-state index contributed by atoms with van der Waals surface area (Å²) < 4.78 is 31.5. The molecule has 1 aromatic carbocycles. The quantitative estimate of drug-likeness (QED) is 0.762. The number of amides is 2. The highest BCUT2D eigenvalue weighted by molar-refractivity contribution is 7.08. The van der Waals surface area contributed by atoms with Gasteiger partial charge in [-0.15, -0.1) is 0 Å². The second-order valence-electron chi connectivity index (χ2n) is 6.01. The molecule has 1 saturated heterocycles. The number of carbonyl (C=O) groups is 2. The van der Waals surface area contributed by atoms with Crippen LogP contribution in [0.4, 0.5) is 14.5 Å². The lowest BCUT2D eigenvalue weighted by molar-refractivity contribution is -0.136. The van der Waals surface area contributed by atoms with E-state index in [1.165, 1.54) is 6.07 Å². The van der Waals surface area contributed by atoms with E-state index in [-0.39, 0.29) is 18.3 Å². The van der Waals surface area contributed by atoms with Crippen molar-refractivity contribution >= 4 is 28.8 Å². The summed E-state index contributed by atoms with van der Waals surface area (Å²) in [6.07, 6.45) is 0. The highest BCUT2D eigenvalue weighted by Crippen LogP contribution is 2.23. The SMILES string of the molecule is O=C(NC[C@H](c1ccsc1)N1CCOCC1)C(=O)Nc1ccc(F)c(F)c1. The number of thiophene rings is 1. The molecule has 2 heterocycles. The van der Waals surface area contributed by atoms with E-state index in [2.05, 4.69) is 15.5 Å². The number of carbonyl (C=O) groups excluding carboxylic acids is 2. The molecule has 0 saturated carbocycles. The fraction of sp³-hybridized carbons (Fsp3) is 0.333. The maximum atomic E-state index is 13.2. The number of anilines is 1. The zero-order valence-corrected chi connectivity index (χ0v) is 15.2. The van der Waals surface area contributed by atoms with Gasteiger partial charge in [0.05, 0.1) is 19.3 Å². The molecule has 0 unspecified atom stereocenters. The topological polar surface area (TPSA) is 70.7 Å². The number of hydrogen-bond acceptors (Lipinski definition) is 5. The molecule has 1 aliphatic rings. The third-order valence-electron chi connectivity index (χ3n) is 4.25. The number of ether oxygens (including phenoxy) is 1. The van der Waals surface area contributed by atoms with Crippen LogP contribution in [0.5, 0.6) is 0 Å². The van der Waals surface area contributed by atoms with Crippen LogP contribution in [0.3, 0.4) is 0 Å². The first-order valence-corrected chi connectivity index (χ1v) is 9.37. The number of rotatable bonds is 5. The van der Waals surface area contributed by atoms with Crippen LogP contribution >= 0.6 is 11.3 Å². The average molecular weight is 395 g/mol. The van der Waals surface area contributed by atoms with Gasteiger partial charge < -0.3 is 15.4 Å². The van der Waals surface area contributed by atoms with Crippen LogP contribution in [0, 0.1) is 11.6 Å². The molecule has 2 aromatic rings. The molecule has 3 rings (SSSR count). The fourth-order valence-corrected chi connectivity index (χ4v) is 3.55. The lowest BCUT2D eigenvalue weighted by Crippen LogP contribution is -2.45. The predicted molar refractivity (Wildman–Crippen MR) is 97.4 cm³/mol. The smallest absolute Gasteiger partial charge is 0.313 e. The molecule has 27 heavy (non-hydrogen) atoms. The molecule has 1 fully saturated rings. The van der Waals surface area contributed by atoms with Crippen LogP contribution in [0.2, 0.25) is 0 Å². The summed E-state index contributed by atoms with van der Waals surface area (Å²) >= 11 is 1.56. The van der Waals surface area contributed by atoms with Gasteiger partial charge in [-0.3, -0.25) is 14.5 Å². The van der Waals surface area contributed by atoms with Crippen molar-refractivity contribution in [3.05, 3.63) is 52.2 Å². The van der Waals surface area contributed by atoms with E-state index in [1.54, 1.807) is 11.3 Å². The van der Waals surface area contributed by atoms with Crippen LogP contribution in [0.1, 0.15) is 11.6 Å². The first kappa shape index (κ1) is 19.4. The Morgan fingerprint density at radius 1 is 1.15 bits per heavy atom. The van der Waals surface area contributed by atoms with Crippen molar-refractivity contribution in [2.75, 3.05) is 38.2 Å². The van der Waals surface area contributed by atoms with Crippen molar-refractivity contribution in [1.82, 2.24) is 10.2 Å². The molecule has 0 aliphatic carbocycles. The molecule has 2 N–H and O–H groups in total. The second-order valence-corrected chi connectivity index (χ2v) is 6.79. The molecular weight excluding hydrogens is 376 g/mol. The van der Waals surface area contributed by atoms with Crippen molar-refractivity contribution in [3.63, 3.8) is 0 Å². The third-order valence-corrected chi connectivity index (χ3v) is 4.96. The molecule has 0 radical (unpaired) electrons. The van der Waals surface area contributed by atoms with Gasteiger partial charge in [-0.05, 0) is 34.5 Å². The Hall–Kier alpha value is -2.36. The summed E-state index contributed by atoms with van der Waals surface area (Å²) in [6, 6.07) is 4.81. The highest BCUT2D eigenvalue weighted by atomic mass is 32.1. The van der Waals surface area contributed by atoms with Crippen molar-refractivity contribution in [2.45, 2.75) is 6.04 Å². The molecule has 1 aromatic heterocycles. The van der Waals surface area contributed by atoms with Crippen molar-refractivity contribution in [3.8, 4) is 0 Å². The van der Waals surface area contributed by atoms with Crippen molar-refractivity contribution in [1.29, 1.82) is 0 Å². The minimum atomic E-state index is -1.10. The Morgan fingerprint density at radius 2 is 1.93 bits per heavy atom. The summed E-state index contributed by atoms with van der Waals surface area (Å²) in [5.41, 5.74) is 1.07. The van der Waals surface area contributed by atoms with E-state index >= 15 is 0 Å². The van der Waals surface area contributed by atoms with Crippen LogP contribution in [-0.2, 0) is 14.3 Å². The molecule has 0 bridgehead atoms. The Morgan fingerprint density at radius 3 is 2.59 bits per heavy atom. The molecular formula is C18H19F2N3O3S. The monoisotopic (exact) mass is 395 g/mol. The van der Waals surface area contributed by atoms with Crippen LogP contribution in [0.25, 0.3) is 0 Å². The normalized spacial score (nSPS) is 15.9. The molecule has 144 valence electrons. The number of benzene rings is 1. The molecule has 6 nitrogen and oxygen atoms in total. The standard InChI is InChI=1S/C18H19F2N3O3S/c19-14-2-1-13(9-15(14)20)22-18(25)17(24)21-10-16(12-3-8-27-11-12)23-4-6-26-7-5-23/h1-3,8-9,11,16H,4-7,10H2,(H,21,24)(H,22,25)/t16-/m1/s1. The lowest BCUT2D eigenvalue weighted by Gasteiger charge is -2.34. The van der Waals surface area contributed by atoms with Gasteiger partial charge in [0.1, 0.15) is 0 Å². The fourth-order valence-electron chi connectivity index (χ4n) is 2.84. The average Bonchev–Trinajstić information content (AvgIpc) is 3.20. The predicted octanol–water partition coefficient (Wildman–Crippen LogP) is 2.15. The Kier molecular flexibility index (Phi) is 6.49. The van der Waals surface area contributed by atoms with Gasteiger partial charge in [-0.25, -0.2) is 8.78 Å².